The van der Waals surface area contributed by atoms with Crippen LogP contribution in [0.4, 0.5) is 5.82 Å². The molecular formula is C18H23N5S. The molecule has 6 heteroatoms. The molecule has 1 N–H and O–H groups in total. The van der Waals surface area contributed by atoms with E-state index in [4.69, 9.17) is 0 Å². The molecular weight excluding hydrogens is 318 g/mol. The standard InChI is InChI=1S/C18H23N5S/c1-18(2,3)23-16-14(12-20-23)15(21-17(22-16)24-4)19-11-10-13-8-6-5-7-9-13/h5-9,12H,10-11H2,1-4H3,(H,19,21,22). The first-order valence-electron chi connectivity index (χ1n) is 8.07. The minimum absolute atomic E-state index is 0.118. The lowest BCUT2D eigenvalue weighted by molar-refractivity contribution is 0.365. The van der Waals surface area contributed by atoms with Gasteiger partial charge in [0, 0.05) is 6.54 Å². The number of hydrogen-bond donors (Lipinski definition) is 1. The number of anilines is 1. The Balaban J connectivity index is 1.88. The van der Waals surface area contributed by atoms with Gasteiger partial charge in [-0.1, -0.05) is 42.1 Å². The quantitative estimate of drug-likeness (QED) is 0.562. The summed E-state index contributed by atoms with van der Waals surface area (Å²) in [5.41, 5.74) is 2.07. The van der Waals surface area contributed by atoms with Gasteiger partial charge >= 0.3 is 0 Å². The molecule has 2 aromatic heterocycles. The van der Waals surface area contributed by atoms with Crippen LogP contribution in [-0.4, -0.2) is 32.5 Å². The van der Waals surface area contributed by atoms with Crippen molar-refractivity contribution in [3.63, 3.8) is 0 Å². The lowest BCUT2D eigenvalue weighted by atomic mass is 10.1. The van der Waals surface area contributed by atoms with Gasteiger partial charge in [-0.15, -0.1) is 0 Å². The van der Waals surface area contributed by atoms with E-state index in [-0.39, 0.29) is 5.54 Å². The van der Waals surface area contributed by atoms with E-state index >= 15 is 0 Å². The Bertz CT molecular complexity index is 821. The molecule has 0 saturated heterocycles. The Kier molecular flexibility index (Phi) is 4.76. The highest BCUT2D eigenvalue weighted by Crippen LogP contribution is 2.27. The second-order valence-corrected chi connectivity index (χ2v) is 7.46. The summed E-state index contributed by atoms with van der Waals surface area (Å²) in [4.78, 5) is 9.29. The van der Waals surface area contributed by atoms with Crippen molar-refractivity contribution in [1.29, 1.82) is 0 Å². The highest BCUT2D eigenvalue weighted by atomic mass is 32.2. The maximum absolute atomic E-state index is 4.66. The van der Waals surface area contributed by atoms with Crippen LogP contribution in [0.5, 0.6) is 0 Å². The summed E-state index contributed by atoms with van der Waals surface area (Å²) in [7, 11) is 0. The first kappa shape index (κ1) is 16.8. The molecule has 0 radical (unpaired) electrons. The Hall–Kier alpha value is -2.08. The van der Waals surface area contributed by atoms with E-state index in [1.165, 1.54) is 5.56 Å². The summed E-state index contributed by atoms with van der Waals surface area (Å²) in [6.07, 6.45) is 4.80. The molecule has 0 spiro atoms. The predicted octanol–water partition coefficient (Wildman–Crippen LogP) is 3.96. The SMILES string of the molecule is CSc1nc(NCCc2ccccc2)c2cnn(C(C)(C)C)c2n1. The van der Waals surface area contributed by atoms with Crippen LogP contribution in [0.25, 0.3) is 11.0 Å². The van der Waals surface area contributed by atoms with Gasteiger partial charge in [0.2, 0.25) is 0 Å². The van der Waals surface area contributed by atoms with Crippen molar-refractivity contribution in [2.45, 2.75) is 37.9 Å². The molecule has 3 aromatic rings. The number of hydrogen-bond acceptors (Lipinski definition) is 5. The van der Waals surface area contributed by atoms with Crippen LogP contribution in [0.3, 0.4) is 0 Å². The molecule has 0 fully saturated rings. The maximum Gasteiger partial charge on any atom is 0.191 e. The summed E-state index contributed by atoms with van der Waals surface area (Å²) >= 11 is 1.55. The summed E-state index contributed by atoms with van der Waals surface area (Å²) in [6.45, 7) is 7.21. The number of benzene rings is 1. The third-order valence-electron chi connectivity index (χ3n) is 3.77. The maximum atomic E-state index is 4.66. The zero-order valence-corrected chi connectivity index (χ0v) is 15.4. The van der Waals surface area contributed by atoms with Crippen molar-refractivity contribution in [3.8, 4) is 0 Å². The molecule has 0 atom stereocenters. The van der Waals surface area contributed by atoms with Crippen LogP contribution in [0.1, 0.15) is 26.3 Å². The predicted molar refractivity (Wildman–Crippen MR) is 101 cm³/mol. The molecule has 126 valence electrons. The smallest absolute Gasteiger partial charge is 0.191 e. The van der Waals surface area contributed by atoms with Crippen molar-refractivity contribution >= 4 is 28.6 Å². The summed E-state index contributed by atoms with van der Waals surface area (Å²) < 4.78 is 1.96. The van der Waals surface area contributed by atoms with Gasteiger partial charge in [-0.2, -0.15) is 5.10 Å². The fourth-order valence-electron chi connectivity index (χ4n) is 2.57. The molecule has 1 aromatic carbocycles. The molecule has 0 saturated carbocycles. The molecule has 0 aliphatic carbocycles. The van der Waals surface area contributed by atoms with E-state index in [0.717, 1.165) is 35.0 Å². The molecule has 2 heterocycles. The molecule has 0 amide bonds. The fourth-order valence-corrected chi connectivity index (χ4v) is 2.94. The Labute approximate surface area is 146 Å². The zero-order chi connectivity index (χ0) is 17.2. The zero-order valence-electron chi connectivity index (χ0n) is 14.6. The third kappa shape index (κ3) is 3.53. The largest absolute Gasteiger partial charge is 0.369 e. The average molecular weight is 341 g/mol. The van der Waals surface area contributed by atoms with Gasteiger partial charge in [0.15, 0.2) is 10.8 Å². The third-order valence-corrected chi connectivity index (χ3v) is 4.32. The van der Waals surface area contributed by atoms with Gasteiger partial charge in [0.05, 0.1) is 17.1 Å². The van der Waals surface area contributed by atoms with Crippen LogP contribution < -0.4 is 5.32 Å². The van der Waals surface area contributed by atoms with Crippen LogP contribution >= 0.6 is 11.8 Å². The summed E-state index contributed by atoms with van der Waals surface area (Å²) in [5.74, 6) is 0.857. The van der Waals surface area contributed by atoms with Crippen LogP contribution in [0, 0.1) is 0 Å². The van der Waals surface area contributed by atoms with Crippen molar-refractivity contribution < 1.29 is 0 Å². The minimum atomic E-state index is -0.118. The molecule has 0 bridgehead atoms. The highest BCUT2D eigenvalue weighted by molar-refractivity contribution is 7.98. The number of nitrogens with zero attached hydrogens (tertiary/aromatic N) is 4. The van der Waals surface area contributed by atoms with E-state index in [0.29, 0.717) is 0 Å². The van der Waals surface area contributed by atoms with Crippen LogP contribution in [0.15, 0.2) is 41.7 Å². The fraction of sp³-hybridized carbons (Fsp3) is 0.389. The topological polar surface area (TPSA) is 55.6 Å². The molecule has 24 heavy (non-hydrogen) atoms. The van der Waals surface area contributed by atoms with Crippen molar-refractivity contribution in [2.75, 3.05) is 18.1 Å². The Morgan fingerprint density at radius 3 is 2.54 bits per heavy atom. The second kappa shape index (κ2) is 6.81. The second-order valence-electron chi connectivity index (χ2n) is 6.69. The van der Waals surface area contributed by atoms with Gasteiger partial charge in [-0.05, 0) is 39.0 Å². The van der Waals surface area contributed by atoms with Crippen molar-refractivity contribution in [3.05, 3.63) is 42.1 Å². The monoisotopic (exact) mass is 341 g/mol. The first-order chi connectivity index (χ1) is 11.5. The summed E-state index contributed by atoms with van der Waals surface area (Å²) in [5, 5.41) is 9.72. The van der Waals surface area contributed by atoms with Gasteiger partial charge in [0.25, 0.3) is 0 Å². The molecule has 0 aliphatic rings. The van der Waals surface area contributed by atoms with E-state index in [2.05, 4.69) is 65.4 Å². The number of aromatic nitrogens is 4. The van der Waals surface area contributed by atoms with Gasteiger partial charge in [-0.3, -0.25) is 0 Å². The lowest BCUT2D eigenvalue weighted by Crippen LogP contribution is -2.23. The first-order valence-corrected chi connectivity index (χ1v) is 9.29. The minimum Gasteiger partial charge on any atom is -0.369 e. The highest BCUT2D eigenvalue weighted by Gasteiger charge is 2.20. The molecule has 0 aliphatic heterocycles. The van der Waals surface area contributed by atoms with Gasteiger partial charge in [0.1, 0.15) is 5.82 Å². The van der Waals surface area contributed by atoms with E-state index < -0.39 is 0 Å². The van der Waals surface area contributed by atoms with E-state index in [1.54, 1.807) is 11.8 Å². The average Bonchev–Trinajstić information content (AvgIpc) is 3.00. The number of fused-ring (bicyclic) bond motifs is 1. The normalized spacial score (nSPS) is 11.8. The Morgan fingerprint density at radius 2 is 1.88 bits per heavy atom. The Morgan fingerprint density at radius 1 is 1.12 bits per heavy atom. The van der Waals surface area contributed by atoms with Crippen molar-refractivity contribution in [1.82, 2.24) is 19.7 Å². The van der Waals surface area contributed by atoms with Gasteiger partial charge in [-0.25, -0.2) is 14.6 Å². The number of thioether (sulfide) groups is 1. The molecule has 5 nitrogen and oxygen atoms in total. The van der Waals surface area contributed by atoms with E-state index in [9.17, 15) is 0 Å². The van der Waals surface area contributed by atoms with Crippen LogP contribution in [-0.2, 0) is 12.0 Å². The molecule has 0 unspecified atom stereocenters. The summed E-state index contributed by atoms with van der Waals surface area (Å²) in [6, 6.07) is 10.5. The van der Waals surface area contributed by atoms with Crippen molar-refractivity contribution in [2.24, 2.45) is 0 Å². The van der Waals surface area contributed by atoms with Crippen LogP contribution in [0.2, 0.25) is 0 Å². The molecule has 3 rings (SSSR count). The lowest BCUT2D eigenvalue weighted by Gasteiger charge is -2.20. The van der Waals surface area contributed by atoms with E-state index in [1.807, 2.05) is 23.2 Å². The number of nitrogens with one attached hydrogen (secondary N) is 1. The van der Waals surface area contributed by atoms with Gasteiger partial charge < -0.3 is 5.32 Å². The number of rotatable bonds is 5.